The molecule has 0 bridgehead atoms. The minimum Gasteiger partial charge on any atom is -0.371 e. The molecular formula is C21H24FN5OS. The Bertz CT molecular complexity index is 1000. The smallest absolute Gasteiger partial charge is 0.199 e. The fraction of sp³-hybridized carbons (Fsp3) is 0.381. The Kier molecular flexibility index (Phi) is 6.13. The van der Waals surface area contributed by atoms with E-state index in [9.17, 15) is 4.39 Å². The molecule has 1 atom stereocenters. The Morgan fingerprint density at radius 3 is 2.66 bits per heavy atom. The molecule has 1 aliphatic rings. The average molecular weight is 414 g/mol. The largest absolute Gasteiger partial charge is 0.371 e. The number of nitrogens with zero attached hydrogens (tertiary/aromatic N) is 5. The first kappa shape index (κ1) is 19.9. The first-order valence-corrected chi connectivity index (χ1v) is 10.2. The molecule has 1 aromatic carbocycles. The van der Waals surface area contributed by atoms with E-state index < -0.39 is 0 Å². The summed E-state index contributed by atoms with van der Waals surface area (Å²) in [5, 5.41) is 4.82. The SMILES string of the molecule is CCCn1c(-c2ccncc2)nn(CN2CCO[C@@H](c3ccc(F)cc3)C2)c1=S. The lowest BCUT2D eigenvalue weighted by Gasteiger charge is -2.32. The Labute approximate surface area is 174 Å². The maximum Gasteiger partial charge on any atom is 0.199 e. The van der Waals surface area contributed by atoms with Gasteiger partial charge in [0.2, 0.25) is 0 Å². The van der Waals surface area contributed by atoms with Gasteiger partial charge in [-0.25, -0.2) is 9.07 Å². The molecule has 3 heterocycles. The van der Waals surface area contributed by atoms with Crippen LogP contribution in [0.1, 0.15) is 25.0 Å². The molecule has 8 heteroatoms. The summed E-state index contributed by atoms with van der Waals surface area (Å²) >= 11 is 5.73. The number of morpholine rings is 1. The van der Waals surface area contributed by atoms with Crippen molar-refractivity contribution in [3.63, 3.8) is 0 Å². The lowest BCUT2D eigenvalue weighted by Crippen LogP contribution is -2.39. The quantitative estimate of drug-likeness (QED) is 0.571. The number of rotatable bonds is 6. The van der Waals surface area contributed by atoms with E-state index in [0.717, 1.165) is 36.5 Å². The molecule has 0 N–H and O–H groups in total. The van der Waals surface area contributed by atoms with Crippen LogP contribution in [0.5, 0.6) is 0 Å². The molecule has 0 spiro atoms. The van der Waals surface area contributed by atoms with Crippen molar-refractivity contribution >= 4 is 12.2 Å². The Morgan fingerprint density at radius 2 is 1.93 bits per heavy atom. The van der Waals surface area contributed by atoms with E-state index in [4.69, 9.17) is 22.1 Å². The van der Waals surface area contributed by atoms with Crippen molar-refractivity contribution in [1.29, 1.82) is 0 Å². The van der Waals surface area contributed by atoms with Crippen molar-refractivity contribution in [2.24, 2.45) is 0 Å². The Balaban J connectivity index is 1.56. The third-order valence-corrected chi connectivity index (χ3v) is 5.47. The molecule has 152 valence electrons. The fourth-order valence-corrected chi connectivity index (χ4v) is 3.85. The van der Waals surface area contributed by atoms with Crippen LogP contribution < -0.4 is 0 Å². The predicted octanol–water partition coefficient (Wildman–Crippen LogP) is 4.06. The molecule has 0 saturated carbocycles. The summed E-state index contributed by atoms with van der Waals surface area (Å²) in [6, 6.07) is 10.4. The first-order chi connectivity index (χ1) is 14.2. The van der Waals surface area contributed by atoms with Gasteiger partial charge in [0.1, 0.15) is 5.82 Å². The van der Waals surface area contributed by atoms with Crippen LogP contribution in [0.25, 0.3) is 11.4 Å². The molecule has 0 amide bonds. The third kappa shape index (κ3) is 4.44. The van der Waals surface area contributed by atoms with E-state index in [1.165, 1.54) is 12.1 Å². The second kappa shape index (κ2) is 8.94. The highest BCUT2D eigenvalue weighted by atomic mass is 32.1. The first-order valence-electron chi connectivity index (χ1n) is 9.83. The normalized spacial score (nSPS) is 17.5. The molecule has 1 fully saturated rings. The molecule has 0 unspecified atom stereocenters. The van der Waals surface area contributed by atoms with Gasteiger partial charge in [-0.05, 0) is 48.5 Å². The second-order valence-electron chi connectivity index (χ2n) is 7.12. The van der Waals surface area contributed by atoms with Crippen LogP contribution in [0, 0.1) is 10.6 Å². The van der Waals surface area contributed by atoms with Gasteiger partial charge in [0.05, 0.1) is 19.4 Å². The topological polar surface area (TPSA) is 48.1 Å². The minimum atomic E-state index is -0.238. The minimum absolute atomic E-state index is 0.0871. The highest BCUT2D eigenvalue weighted by Crippen LogP contribution is 2.24. The number of pyridine rings is 1. The van der Waals surface area contributed by atoms with Crippen molar-refractivity contribution in [1.82, 2.24) is 24.2 Å². The fourth-order valence-electron chi connectivity index (χ4n) is 3.57. The van der Waals surface area contributed by atoms with Crippen LogP contribution in [0.15, 0.2) is 48.8 Å². The standard InChI is InChI=1S/C21H24FN5OS/c1-2-11-26-20(17-7-9-23-10-8-17)24-27(21(26)29)15-25-12-13-28-19(14-25)16-3-5-18(22)6-4-16/h3-10,19H,2,11-15H2,1H3/t19-/m1/s1. The van der Waals surface area contributed by atoms with Crippen molar-refractivity contribution in [2.75, 3.05) is 19.7 Å². The van der Waals surface area contributed by atoms with E-state index in [0.29, 0.717) is 24.6 Å². The number of hydrogen-bond donors (Lipinski definition) is 0. The zero-order chi connectivity index (χ0) is 20.2. The molecule has 3 aromatic rings. The summed E-state index contributed by atoms with van der Waals surface area (Å²) in [7, 11) is 0. The number of halogens is 1. The molecular weight excluding hydrogens is 389 g/mol. The van der Waals surface area contributed by atoms with Crippen molar-refractivity contribution in [3.8, 4) is 11.4 Å². The van der Waals surface area contributed by atoms with Gasteiger partial charge < -0.3 is 4.74 Å². The van der Waals surface area contributed by atoms with Gasteiger partial charge in [0, 0.05) is 37.6 Å². The lowest BCUT2D eigenvalue weighted by molar-refractivity contribution is -0.0419. The van der Waals surface area contributed by atoms with E-state index in [-0.39, 0.29) is 11.9 Å². The molecule has 0 radical (unpaired) electrons. The zero-order valence-corrected chi connectivity index (χ0v) is 17.2. The van der Waals surface area contributed by atoms with Gasteiger partial charge in [-0.15, -0.1) is 0 Å². The average Bonchev–Trinajstić information content (AvgIpc) is 3.05. The summed E-state index contributed by atoms with van der Waals surface area (Å²) < 4.78 is 23.8. The number of ether oxygens (including phenoxy) is 1. The van der Waals surface area contributed by atoms with E-state index in [1.807, 2.05) is 16.8 Å². The highest BCUT2D eigenvalue weighted by molar-refractivity contribution is 7.71. The maximum atomic E-state index is 13.2. The molecule has 0 aliphatic carbocycles. The van der Waals surface area contributed by atoms with Crippen LogP contribution >= 0.6 is 12.2 Å². The van der Waals surface area contributed by atoms with Crippen molar-refractivity contribution in [3.05, 3.63) is 64.9 Å². The molecule has 1 aliphatic heterocycles. The van der Waals surface area contributed by atoms with Gasteiger partial charge in [-0.2, -0.15) is 5.10 Å². The molecule has 6 nitrogen and oxygen atoms in total. The van der Waals surface area contributed by atoms with Crippen LogP contribution in [0.3, 0.4) is 0 Å². The van der Waals surface area contributed by atoms with Crippen LogP contribution in [-0.4, -0.2) is 43.9 Å². The molecule has 2 aromatic heterocycles. The predicted molar refractivity (Wildman–Crippen MR) is 111 cm³/mol. The van der Waals surface area contributed by atoms with Crippen LogP contribution in [-0.2, 0) is 18.0 Å². The Hall–Kier alpha value is -2.42. The third-order valence-electron chi connectivity index (χ3n) is 5.03. The van der Waals surface area contributed by atoms with Gasteiger partial charge in [0.15, 0.2) is 10.6 Å². The van der Waals surface area contributed by atoms with Crippen LogP contribution in [0.2, 0.25) is 0 Å². The van der Waals surface area contributed by atoms with Crippen molar-refractivity contribution in [2.45, 2.75) is 32.7 Å². The molecule has 4 rings (SSSR count). The van der Waals surface area contributed by atoms with Crippen LogP contribution in [0.4, 0.5) is 4.39 Å². The summed E-state index contributed by atoms with van der Waals surface area (Å²) in [5.74, 6) is 0.625. The van der Waals surface area contributed by atoms with Gasteiger partial charge in [-0.3, -0.25) is 14.5 Å². The molecule has 1 saturated heterocycles. The highest BCUT2D eigenvalue weighted by Gasteiger charge is 2.23. The lowest BCUT2D eigenvalue weighted by atomic mass is 10.1. The summed E-state index contributed by atoms with van der Waals surface area (Å²) in [5.41, 5.74) is 1.98. The number of benzene rings is 1. The van der Waals surface area contributed by atoms with Crippen molar-refractivity contribution < 1.29 is 9.13 Å². The van der Waals surface area contributed by atoms with E-state index >= 15 is 0 Å². The summed E-state index contributed by atoms with van der Waals surface area (Å²) in [6.07, 6.45) is 4.42. The van der Waals surface area contributed by atoms with Gasteiger partial charge in [-0.1, -0.05) is 19.1 Å². The number of aromatic nitrogens is 4. The van der Waals surface area contributed by atoms with E-state index in [2.05, 4.69) is 21.4 Å². The van der Waals surface area contributed by atoms with E-state index in [1.54, 1.807) is 24.5 Å². The summed E-state index contributed by atoms with van der Waals surface area (Å²) in [4.78, 5) is 6.37. The molecule has 29 heavy (non-hydrogen) atoms. The summed E-state index contributed by atoms with van der Waals surface area (Å²) in [6.45, 7) is 5.66. The van der Waals surface area contributed by atoms with Gasteiger partial charge >= 0.3 is 0 Å². The maximum absolute atomic E-state index is 13.2. The van der Waals surface area contributed by atoms with Gasteiger partial charge in [0.25, 0.3) is 0 Å². The monoisotopic (exact) mass is 413 g/mol. The zero-order valence-electron chi connectivity index (χ0n) is 16.4. The second-order valence-corrected chi connectivity index (χ2v) is 7.49. The Morgan fingerprint density at radius 1 is 1.17 bits per heavy atom. The number of hydrogen-bond acceptors (Lipinski definition) is 5.